The van der Waals surface area contributed by atoms with Crippen LogP contribution in [0.5, 0.6) is 0 Å². The second-order valence-corrected chi connectivity index (χ2v) is 6.03. The topological polar surface area (TPSA) is 41.1 Å². The van der Waals surface area contributed by atoms with Crippen LogP contribution in [0.4, 0.5) is 5.69 Å². The van der Waals surface area contributed by atoms with Crippen LogP contribution in [0.15, 0.2) is 18.2 Å². The second-order valence-electron chi connectivity index (χ2n) is 6.03. The summed E-state index contributed by atoms with van der Waals surface area (Å²) in [5, 5.41) is 6.47. The minimum absolute atomic E-state index is 0.0421. The molecule has 0 bridgehead atoms. The number of nitrogens with one attached hydrogen (secondary N) is 2. The molecule has 1 aliphatic carbocycles. The predicted molar refractivity (Wildman–Crippen MR) is 84.2 cm³/mol. The highest BCUT2D eigenvalue weighted by Crippen LogP contribution is 2.33. The molecule has 0 aromatic heterocycles. The molecule has 3 nitrogen and oxygen atoms in total. The molecule has 0 spiro atoms. The lowest BCUT2D eigenvalue weighted by Gasteiger charge is -2.16. The molecule has 0 saturated heterocycles. The van der Waals surface area contributed by atoms with Crippen molar-refractivity contribution in [3.63, 3.8) is 0 Å². The molecular formula is C17H26N2O. The first-order chi connectivity index (χ1) is 9.60. The second kappa shape index (κ2) is 6.78. The van der Waals surface area contributed by atoms with Gasteiger partial charge >= 0.3 is 0 Å². The monoisotopic (exact) mass is 274 g/mol. The average molecular weight is 274 g/mol. The van der Waals surface area contributed by atoms with Crippen LogP contribution in [-0.2, 0) is 0 Å². The van der Waals surface area contributed by atoms with Gasteiger partial charge in [0.05, 0.1) is 5.56 Å². The molecular weight excluding hydrogens is 248 g/mol. The van der Waals surface area contributed by atoms with E-state index < -0.39 is 0 Å². The molecule has 1 unspecified atom stereocenters. The van der Waals surface area contributed by atoms with Gasteiger partial charge < -0.3 is 10.6 Å². The normalized spacial score (nSPS) is 15.8. The number of aryl methyl sites for hydroxylation is 1. The summed E-state index contributed by atoms with van der Waals surface area (Å²) in [6.07, 6.45) is 4.81. The van der Waals surface area contributed by atoms with Gasteiger partial charge in [-0.15, -0.1) is 0 Å². The van der Waals surface area contributed by atoms with E-state index in [0.29, 0.717) is 0 Å². The van der Waals surface area contributed by atoms with Crippen LogP contribution in [-0.4, -0.2) is 18.5 Å². The zero-order valence-electron chi connectivity index (χ0n) is 12.8. The molecule has 2 rings (SSSR count). The minimum atomic E-state index is 0.0421. The van der Waals surface area contributed by atoms with Crippen molar-refractivity contribution in [2.24, 2.45) is 5.92 Å². The molecule has 1 fully saturated rings. The predicted octanol–water partition coefficient (Wildman–Crippen LogP) is 3.74. The van der Waals surface area contributed by atoms with Crippen LogP contribution in [0.25, 0.3) is 0 Å². The van der Waals surface area contributed by atoms with Crippen molar-refractivity contribution in [1.82, 2.24) is 5.32 Å². The Hall–Kier alpha value is -1.51. The van der Waals surface area contributed by atoms with Gasteiger partial charge in [0.2, 0.25) is 0 Å². The van der Waals surface area contributed by atoms with E-state index in [4.69, 9.17) is 0 Å². The first-order valence-corrected chi connectivity index (χ1v) is 7.75. The van der Waals surface area contributed by atoms with Crippen LogP contribution < -0.4 is 10.6 Å². The van der Waals surface area contributed by atoms with Crippen LogP contribution in [0.3, 0.4) is 0 Å². The highest BCUT2D eigenvalue weighted by Gasteiger charge is 2.24. The fourth-order valence-electron chi connectivity index (χ4n) is 2.47. The van der Waals surface area contributed by atoms with Crippen molar-refractivity contribution < 1.29 is 4.79 Å². The third kappa shape index (κ3) is 4.26. The largest absolute Gasteiger partial charge is 0.384 e. The SMILES string of the molecule is CCCNc1ccc(C)cc1C(=O)NC(C)CC1CC1. The molecule has 1 saturated carbocycles. The molecule has 1 atom stereocenters. The fourth-order valence-corrected chi connectivity index (χ4v) is 2.47. The van der Waals surface area contributed by atoms with Gasteiger partial charge in [0.25, 0.3) is 5.91 Å². The third-order valence-corrected chi connectivity index (χ3v) is 3.75. The maximum atomic E-state index is 12.4. The Morgan fingerprint density at radius 1 is 1.40 bits per heavy atom. The number of anilines is 1. The quantitative estimate of drug-likeness (QED) is 0.795. The molecule has 1 amide bonds. The molecule has 110 valence electrons. The Bertz CT molecular complexity index is 466. The molecule has 3 heteroatoms. The maximum absolute atomic E-state index is 12.4. The Morgan fingerprint density at radius 2 is 2.15 bits per heavy atom. The van der Waals surface area contributed by atoms with E-state index >= 15 is 0 Å². The first kappa shape index (κ1) is 14.9. The van der Waals surface area contributed by atoms with Gasteiger partial charge in [0.15, 0.2) is 0 Å². The molecule has 20 heavy (non-hydrogen) atoms. The standard InChI is InChI=1S/C17H26N2O/c1-4-9-18-16-8-5-12(2)10-15(16)17(20)19-13(3)11-14-6-7-14/h5,8,10,13-14,18H,4,6-7,9,11H2,1-3H3,(H,19,20). The van der Waals surface area contributed by atoms with Gasteiger partial charge in [-0.2, -0.15) is 0 Å². The van der Waals surface area contributed by atoms with Gasteiger partial charge in [0, 0.05) is 18.3 Å². The van der Waals surface area contributed by atoms with E-state index in [1.807, 2.05) is 25.1 Å². The molecule has 0 radical (unpaired) electrons. The van der Waals surface area contributed by atoms with E-state index in [1.54, 1.807) is 0 Å². The highest BCUT2D eigenvalue weighted by molar-refractivity contribution is 6.00. The average Bonchev–Trinajstić information content (AvgIpc) is 3.20. The van der Waals surface area contributed by atoms with Crippen molar-refractivity contribution in [2.45, 2.75) is 52.5 Å². The highest BCUT2D eigenvalue weighted by atomic mass is 16.1. The summed E-state index contributed by atoms with van der Waals surface area (Å²) >= 11 is 0. The lowest BCUT2D eigenvalue weighted by atomic mass is 10.1. The Kier molecular flexibility index (Phi) is 5.05. The summed E-state index contributed by atoms with van der Waals surface area (Å²) < 4.78 is 0. The summed E-state index contributed by atoms with van der Waals surface area (Å²) in [5.74, 6) is 0.876. The number of hydrogen-bond donors (Lipinski definition) is 2. The molecule has 0 aliphatic heterocycles. The van der Waals surface area contributed by atoms with Crippen LogP contribution in [0, 0.1) is 12.8 Å². The van der Waals surface area contributed by atoms with Gasteiger partial charge in [-0.25, -0.2) is 0 Å². The number of hydrogen-bond acceptors (Lipinski definition) is 2. The van der Waals surface area contributed by atoms with Crippen molar-refractivity contribution in [2.75, 3.05) is 11.9 Å². The molecule has 2 N–H and O–H groups in total. The Labute approximate surface area is 122 Å². The van der Waals surface area contributed by atoms with Crippen LogP contribution >= 0.6 is 0 Å². The van der Waals surface area contributed by atoms with Gasteiger partial charge in [-0.1, -0.05) is 31.4 Å². The summed E-state index contributed by atoms with van der Waals surface area (Å²) in [4.78, 5) is 12.4. The summed E-state index contributed by atoms with van der Waals surface area (Å²) in [5.41, 5.74) is 2.82. The Balaban J connectivity index is 2.03. The molecule has 1 aromatic carbocycles. The summed E-state index contributed by atoms with van der Waals surface area (Å²) in [6, 6.07) is 6.28. The third-order valence-electron chi connectivity index (χ3n) is 3.75. The summed E-state index contributed by atoms with van der Waals surface area (Å²) in [6.45, 7) is 7.14. The lowest BCUT2D eigenvalue weighted by molar-refractivity contribution is 0.0938. The van der Waals surface area contributed by atoms with Crippen LogP contribution in [0.1, 0.15) is 55.5 Å². The zero-order chi connectivity index (χ0) is 14.5. The molecule has 1 aliphatic rings. The van der Waals surface area contributed by atoms with Crippen molar-refractivity contribution in [3.8, 4) is 0 Å². The minimum Gasteiger partial charge on any atom is -0.384 e. The lowest BCUT2D eigenvalue weighted by Crippen LogP contribution is -2.33. The van der Waals surface area contributed by atoms with Gasteiger partial charge in [-0.3, -0.25) is 4.79 Å². The van der Waals surface area contributed by atoms with E-state index in [1.165, 1.54) is 12.8 Å². The van der Waals surface area contributed by atoms with E-state index in [9.17, 15) is 4.79 Å². The first-order valence-electron chi connectivity index (χ1n) is 7.75. The van der Waals surface area contributed by atoms with Crippen LogP contribution in [0.2, 0.25) is 0 Å². The zero-order valence-corrected chi connectivity index (χ0v) is 12.8. The van der Waals surface area contributed by atoms with Gasteiger partial charge in [-0.05, 0) is 44.7 Å². The van der Waals surface area contributed by atoms with E-state index in [2.05, 4.69) is 24.5 Å². The maximum Gasteiger partial charge on any atom is 0.253 e. The van der Waals surface area contributed by atoms with Crippen molar-refractivity contribution >= 4 is 11.6 Å². The van der Waals surface area contributed by atoms with E-state index in [-0.39, 0.29) is 11.9 Å². The number of amides is 1. The summed E-state index contributed by atoms with van der Waals surface area (Å²) in [7, 11) is 0. The van der Waals surface area contributed by atoms with Crippen molar-refractivity contribution in [3.05, 3.63) is 29.3 Å². The fraction of sp³-hybridized carbons (Fsp3) is 0.588. The molecule has 1 aromatic rings. The molecule has 0 heterocycles. The number of rotatable bonds is 7. The smallest absolute Gasteiger partial charge is 0.253 e. The number of carbonyl (C=O) groups excluding carboxylic acids is 1. The van der Waals surface area contributed by atoms with E-state index in [0.717, 1.165) is 42.1 Å². The number of benzene rings is 1. The van der Waals surface area contributed by atoms with Gasteiger partial charge in [0.1, 0.15) is 0 Å². The number of carbonyl (C=O) groups is 1. The van der Waals surface area contributed by atoms with Crippen molar-refractivity contribution in [1.29, 1.82) is 0 Å². The Morgan fingerprint density at radius 3 is 2.80 bits per heavy atom.